The molecule has 0 rings (SSSR count). The zero-order valence-electron chi connectivity index (χ0n) is 7.18. The summed E-state index contributed by atoms with van der Waals surface area (Å²) in [5.41, 5.74) is 0. The van der Waals surface area contributed by atoms with Crippen LogP contribution >= 0.6 is 0 Å². The molecule has 10 heavy (non-hydrogen) atoms. The van der Waals surface area contributed by atoms with Crippen molar-refractivity contribution in [3.63, 3.8) is 0 Å². The first-order chi connectivity index (χ1) is 4.68. The minimum absolute atomic E-state index is 0.163. The van der Waals surface area contributed by atoms with Gasteiger partial charge in [-0.15, -0.1) is 0 Å². The predicted octanol–water partition coefficient (Wildman–Crippen LogP) is 1.65. The van der Waals surface area contributed by atoms with E-state index in [2.05, 4.69) is 6.92 Å². The van der Waals surface area contributed by atoms with E-state index in [0.717, 1.165) is 13.0 Å². The zero-order valence-corrected chi connectivity index (χ0v) is 7.18. The molecular formula is C8H17NO. The van der Waals surface area contributed by atoms with E-state index >= 15 is 0 Å². The highest BCUT2D eigenvalue weighted by molar-refractivity contribution is 5.72. The Bertz CT molecular complexity index is 101. The second kappa shape index (κ2) is 5.27. The van der Waals surface area contributed by atoms with Gasteiger partial charge in [-0.05, 0) is 6.42 Å². The van der Waals surface area contributed by atoms with E-state index in [-0.39, 0.29) is 5.91 Å². The van der Waals surface area contributed by atoms with Crippen LogP contribution in [0, 0.1) is 0 Å². The summed E-state index contributed by atoms with van der Waals surface area (Å²) in [6.07, 6.45) is 3.57. The van der Waals surface area contributed by atoms with Gasteiger partial charge in [-0.2, -0.15) is 0 Å². The summed E-state index contributed by atoms with van der Waals surface area (Å²) in [5, 5.41) is 0. The average Bonchev–Trinajstić information content (AvgIpc) is 1.88. The molecular weight excluding hydrogens is 126 g/mol. The molecule has 2 heteroatoms. The van der Waals surface area contributed by atoms with Crippen LogP contribution in [0.3, 0.4) is 0 Å². The Morgan fingerprint density at radius 1 is 1.40 bits per heavy atom. The number of hydrogen-bond acceptors (Lipinski definition) is 1. The van der Waals surface area contributed by atoms with Crippen molar-refractivity contribution >= 4 is 5.91 Å². The van der Waals surface area contributed by atoms with Crippen LogP contribution in [-0.2, 0) is 4.79 Å². The van der Waals surface area contributed by atoms with E-state index in [1.54, 1.807) is 11.8 Å². The van der Waals surface area contributed by atoms with Crippen LogP contribution in [0.5, 0.6) is 0 Å². The van der Waals surface area contributed by atoms with Crippen molar-refractivity contribution in [3.8, 4) is 0 Å². The fraction of sp³-hybridized carbons (Fsp3) is 0.875. The van der Waals surface area contributed by atoms with Gasteiger partial charge in [0.15, 0.2) is 0 Å². The molecule has 0 unspecified atom stereocenters. The lowest BCUT2D eigenvalue weighted by molar-refractivity contribution is -0.127. The van der Waals surface area contributed by atoms with Gasteiger partial charge in [-0.25, -0.2) is 0 Å². The Hall–Kier alpha value is -0.530. The van der Waals surface area contributed by atoms with Crippen molar-refractivity contribution in [2.45, 2.75) is 33.1 Å². The molecule has 0 saturated heterocycles. The summed E-state index contributed by atoms with van der Waals surface area (Å²) in [6.45, 7) is 4.67. The van der Waals surface area contributed by atoms with Gasteiger partial charge < -0.3 is 4.90 Å². The molecule has 0 aliphatic heterocycles. The van der Waals surface area contributed by atoms with E-state index in [1.165, 1.54) is 12.8 Å². The van der Waals surface area contributed by atoms with Crippen LogP contribution in [0.4, 0.5) is 0 Å². The third kappa shape index (κ3) is 4.36. The fourth-order valence-electron chi connectivity index (χ4n) is 0.756. The normalized spacial score (nSPS) is 9.50. The molecule has 0 aromatic heterocycles. The highest BCUT2D eigenvalue weighted by Crippen LogP contribution is 1.95. The molecule has 0 fully saturated rings. The van der Waals surface area contributed by atoms with Gasteiger partial charge in [0.05, 0.1) is 0 Å². The third-order valence-electron chi connectivity index (χ3n) is 1.63. The van der Waals surface area contributed by atoms with Crippen molar-refractivity contribution < 1.29 is 4.79 Å². The lowest BCUT2D eigenvalue weighted by Gasteiger charge is -2.13. The van der Waals surface area contributed by atoms with E-state index in [1.807, 2.05) is 7.05 Å². The molecule has 0 atom stereocenters. The van der Waals surface area contributed by atoms with Crippen LogP contribution in [-0.4, -0.2) is 24.4 Å². The number of rotatable bonds is 4. The minimum Gasteiger partial charge on any atom is -0.346 e. The zero-order chi connectivity index (χ0) is 7.98. The van der Waals surface area contributed by atoms with E-state index < -0.39 is 0 Å². The first-order valence-electron chi connectivity index (χ1n) is 3.90. The van der Waals surface area contributed by atoms with Gasteiger partial charge in [0, 0.05) is 20.5 Å². The molecule has 0 aliphatic carbocycles. The van der Waals surface area contributed by atoms with Gasteiger partial charge in [0.25, 0.3) is 0 Å². The van der Waals surface area contributed by atoms with Crippen LogP contribution in [0.2, 0.25) is 0 Å². The standard InChI is InChI=1S/C8H17NO/c1-4-5-6-7-9(3)8(2)10/h4-7H2,1-3H3. The summed E-state index contributed by atoms with van der Waals surface area (Å²) < 4.78 is 0. The van der Waals surface area contributed by atoms with Crippen molar-refractivity contribution in [2.24, 2.45) is 0 Å². The largest absolute Gasteiger partial charge is 0.346 e. The summed E-state index contributed by atoms with van der Waals surface area (Å²) in [6, 6.07) is 0. The molecule has 0 bridgehead atoms. The Balaban J connectivity index is 3.21. The van der Waals surface area contributed by atoms with E-state index in [0.29, 0.717) is 0 Å². The van der Waals surface area contributed by atoms with Crippen LogP contribution in [0.25, 0.3) is 0 Å². The molecule has 2 nitrogen and oxygen atoms in total. The van der Waals surface area contributed by atoms with Gasteiger partial charge in [0.1, 0.15) is 0 Å². The SMILES string of the molecule is CCCCCN(C)C(C)=O. The summed E-state index contributed by atoms with van der Waals surface area (Å²) >= 11 is 0. The molecule has 0 spiro atoms. The molecule has 0 N–H and O–H groups in total. The average molecular weight is 143 g/mol. The maximum atomic E-state index is 10.7. The van der Waals surface area contributed by atoms with E-state index in [4.69, 9.17) is 0 Å². The smallest absolute Gasteiger partial charge is 0.219 e. The Kier molecular flexibility index (Phi) is 4.99. The summed E-state index contributed by atoms with van der Waals surface area (Å²) in [4.78, 5) is 12.4. The van der Waals surface area contributed by atoms with Crippen molar-refractivity contribution in [1.29, 1.82) is 0 Å². The molecule has 0 heterocycles. The maximum Gasteiger partial charge on any atom is 0.219 e. The van der Waals surface area contributed by atoms with Crippen LogP contribution in [0.15, 0.2) is 0 Å². The van der Waals surface area contributed by atoms with Crippen LogP contribution in [0.1, 0.15) is 33.1 Å². The predicted molar refractivity (Wildman–Crippen MR) is 42.8 cm³/mol. The Labute approximate surface area is 63.2 Å². The summed E-state index contributed by atoms with van der Waals surface area (Å²) in [5.74, 6) is 0.163. The Morgan fingerprint density at radius 2 is 2.00 bits per heavy atom. The van der Waals surface area contributed by atoms with Gasteiger partial charge in [-0.3, -0.25) is 4.79 Å². The maximum absolute atomic E-state index is 10.7. The number of carbonyl (C=O) groups excluding carboxylic acids is 1. The fourth-order valence-corrected chi connectivity index (χ4v) is 0.756. The monoisotopic (exact) mass is 143 g/mol. The first kappa shape index (κ1) is 9.47. The topological polar surface area (TPSA) is 20.3 Å². The number of amides is 1. The highest BCUT2D eigenvalue weighted by Gasteiger charge is 1.98. The minimum atomic E-state index is 0.163. The molecule has 0 aromatic carbocycles. The molecule has 60 valence electrons. The molecule has 0 aromatic rings. The lowest BCUT2D eigenvalue weighted by atomic mass is 10.2. The lowest BCUT2D eigenvalue weighted by Crippen LogP contribution is -2.24. The van der Waals surface area contributed by atoms with Crippen LogP contribution < -0.4 is 0 Å². The Morgan fingerprint density at radius 3 is 2.40 bits per heavy atom. The highest BCUT2D eigenvalue weighted by atomic mass is 16.2. The van der Waals surface area contributed by atoms with Crippen molar-refractivity contribution in [1.82, 2.24) is 4.90 Å². The van der Waals surface area contributed by atoms with Crippen molar-refractivity contribution in [3.05, 3.63) is 0 Å². The molecule has 0 saturated carbocycles. The molecule has 0 radical (unpaired) electrons. The molecule has 1 amide bonds. The third-order valence-corrected chi connectivity index (χ3v) is 1.63. The second-order valence-corrected chi connectivity index (χ2v) is 2.65. The number of unbranched alkanes of at least 4 members (excludes halogenated alkanes) is 2. The van der Waals surface area contributed by atoms with Gasteiger partial charge in [-0.1, -0.05) is 19.8 Å². The second-order valence-electron chi connectivity index (χ2n) is 2.65. The summed E-state index contributed by atoms with van der Waals surface area (Å²) in [7, 11) is 1.85. The van der Waals surface area contributed by atoms with Gasteiger partial charge in [0.2, 0.25) is 5.91 Å². The van der Waals surface area contributed by atoms with Crippen molar-refractivity contribution in [2.75, 3.05) is 13.6 Å². The number of hydrogen-bond donors (Lipinski definition) is 0. The van der Waals surface area contributed by atoms with Gasteiger partial charge >= 0.3 is 0 Å². The quantitative estimate of drug-likeness (QED) is 0.548. The number of carbonyl (C=O) groups is 1. The first-order valence-corrected chi connectivity index (χ1v) is 3.90. The van der Waals surface area contributed by atoms with E-state index in [9.17, 15) is 4.79 Å². The number of nitrogens with zero attached hydrogens (tertiary/aromatic N) is 1. The molecule has 0 aliphatic rings.